The number of amides is 1. The van der Waals surface area contributed by atoms with Gasteiger partial charge in [-0.1, -0.05) is 41.9 Å². The van der Waals surface area contributed by atoms with Gasteiger partial charge in [0, 0.05) is 10.6 Å². The van der Waals surface area contributed by atoms with E-state index in [9.17, 15) is 4.79 Å². The topological polar surface area (TPSA) is 82.8 Å². The molecule has 0 saturated carbocycles. The van der Waals surface area contributed by atoms with Crippen LogP contribution in [0, 0.1) is 0 Å². The van der Waals surface area contributed by atoms with Crippen LogP contribution in [0.1, 0.15) is 15.9 Å². The van der Waals surface area contributed by atoms with Crippen molar-refractivity contribution in [2.75, 3.05) is 5.32 Å². The summed E-state index contributed by atoms with van der Waals surface area (Å²) in [6, 6.07) is 21.5. The lowest BCUT2D eigenvalue weighted by Crippen LogP contribution is -2.12. The number of para-hydroxylation sites is 1. The Bertz CT molecular complexity index is 937. The number of hydrogen-bond acceptors (Lipinski definition) is 6. The van der Waals surface area contributed by atoms with Crippen molar-refractivity contribution in [3.63, 3.8) is 0 Å². The molecule has 8 heteroatoms. The minimum Gasteiger partial charge on any atom is -0.489 e. The van der Waals surface area contributed by atoms with Gasteiger partial charge in [-0.25, -0.2) is 0 Å². The number of ether oxygens (including phenoxy) is 1. The summed E-state index contributed by atoms with van der Waals surface area (Å²) in [5, 5.41) is 3.51. The fourth-order valence-electron chi connectivity index (χ4n) is 2.37. The van der Waals surface area contributed by atoms with Gasteiger partial charge in [-0.2, -0.15) is 5.90 Å². The van der Waals surface area contributed by atoms with E-state index in [0.29, 0.717) is 33.5 Å². The molecule has 0 spiro atoms. The zero-order chi connectivity index (χ0) is 19.8. The Morgan fingerprint density at radius 1 is 1.04 bits per heavy atom. The van der Waals surface area contributed by atoms with Crippen molar-refractivity contribution >= 4 is 35.2 Å². The smallest absolute Gasteiger partial charge is 0.255 e. The van der Waals surface area contributed by atoms with E-state index in [4.69, 9.17) is 22.2 Å². The van der Waals surface area contributed by atoms with Crippen LogP contribution in [0.3, 0.4) is 0 Å². The van der Waals surface area contributed by atoms with Crippen LogP contribution < -0.4 is 16.0 Å². The van der Waals surface area contributed by atoms with E-state index in [1.807, 2.05) is 18.2 Å². The van der Waals surface area contributed by atoms with Crippen LogP contribution in [0.4, 0.5) is 5.69 Å². The summed E-state index contributed by atoms with van der Waals surface area (Å²) in [6.45, 7) is 0.373. The lowest BCUT2D eigenvalue weighted by atomic mass is 10.2. The lowest BCUT2D eigenvalue weighted by molar-refractivity contribution is -0.195. The SMILES string of the molecule is NOOSc1ccccc1NC(=O)c1cccc(OCc2ccc(Cl)cc2)c1. The van der Waals surface area contributed by atoms with Gasteiger partial charge >= 0.3 is 0 Å². The van der Waals surface area contributed by atoms with Crippen LogP contribution in [0.25, 0.3) is 0 Å². The predicted octanol–water partition coefficient (Wildman–Crippen LogP) is 5.00. The molecule has 1 amide bonds. The van der Waals surface area contributed by atoms with E-state index in [1.165, 1.54) is 0 Å². The first-order valence-corrected chi connectivity index (χ1v) is 9.35. The number of benzene rings is 3. The average Bonchev–Trinajstić information content (AvgIpc) is 2.73. The largest absolute Gasteiger partial charge is 0.489 e. The van der Waals surface area contributed by atoms with Crippen LogP contribution in [0.2, 0.25) is 5.02 Å². The summed E-state index contributed by atoms with van der Waals surface area (Å²) in [5.41, 5.74) is 2.01. The molecule has 0 aromatic heterocycles. The molecule has 0 bridgehead atoms. The fourth-order valence-corrected chi connectivity index (χ4v) is 2.95. The van der Waals surface area contributed by atoms with Crippen molar-refractivity contribution in [2.24, 2.45) is 5.90 Å². The van der Waals surface area contributed by atoms with E-state index in [0.717, 1.165) is 17.6 Å². The van der Waals surface area contributed by atoms with Crippen molar-refractivity contribution in [1.29, 1.82) is 0 Å². The van der Waals surface area contributed by atoms with Crippen LogP contribution in [-0.2, 0) is 15.9 Å². The highest BCUT2D eigenvalue weighted by Gasteiger charge is 2.11. The summed E-state index contributed by atoms with van der Waals surface area (Å²) in [7, 11) is 0. The molecule has 0 aliphatic rings. The Kier molecular flexibility index (Phi) is 7.30. The third-order valence-corrected chi connectivity index (χ3v) is 4.65. The first kappa shape index (κ1) is 20.2. The van der Waals surface area contributed by atoms with Crippen molar-refractivity contribution in [3.05, 3.63) is 88.9 Å². The second-order valence-corrected chi connectivity index (χ2v) is 6.82. The van der Waals surface area contributed by atoms with Gasteiger partial charge < -0.3 is 10.1 Å². The van der Waals surface area contributed by atoms with Crippen molar-refractivity contribution in [2.45, 2.75) is 11.5 Å². The van der Waals surface area contributed by atoms with Crippen LogP contribution in [-0.4, -0.2) is 5.91 Å². The van der Waals surface area contributed by atoms with Crippen molar-refractivity contribution < 1.29 is 18.9 Å². The number of halogens is 1. The Balaban J connectivity index is 1.66. The van der Waals surface area contributed by atoms with E-state index in [2.05, 4.69) is 14.6 Å². The van der Waals surface area contributed by atoms with E-state index in [-0.39, 0.29) is 5.91 Å². The molecule has 0 unspecified atom stereocenters. The van der Waals surface area contributed by atoms with Gasteiger partial charge in [-0.05, 0) is 48.0 Å². The average molecular weight is 417 g/mol. The van der Waals surface area contributed by atoms with Gasteiger partial charge in [-0.3, -0.25) is 4.79 Å². The van der Waals surface area contributed by atoms with Gasteiger partial charge in [-0.15, -0.1) is 9.32 Å². The molecular formula is C20H17ClN2O4S. The summed E-state index contributed by atoms with van der Waals surface area (Å²) in [6.07, 6.45) is 0. The summed E-state index contributed by atoms with van der Waals surface area (Å²) < 4.78 is 10.4. The highest BCUT2D eigenvalue weighted by Crippen LogP contribution is 2.28. The fraction of sp³-hybridized carbons (Fsp3) is 0.0500. The molecule has 0 aliphatic carbocycles. The first-order valence-electron chi connectivity index (χ1n) is 8.23. The van der Waals surface area contributed by atoms with Gasteiger partial charge in [0.1, 0.15) is 12.4 Å². The monoisotopic (exact) mass is 416 g/mol. The van der Waals surface area contributed by atoms with E-state index in [1.54, 1.807) is 54.6 Å². The Hall–Kier alpha value is -2.55. The summed E-state index contributed by atoms with van der Waals surface area (Å²) >= 11 is 6.78. The molecule has 28 heavy (non-hydrogen) atoms. The number of carbonyl (C=O) groups is 1. The highest BCUT2D eigenvalue weighted by molar-refractivity contribution is 7.94. The molecule has 3 aromatic carbocycles. The predicted molar refractivity (Wildman–Crippen MR) is 109 cm³/mol. The summed E-state index contributed by atoms with van der Waals surface area (Å²) in [5.74, 6) is 5.17. The Labute approximate surface area is 171 Å². The second-order valence-electron chi connectivity index (χ2n) is 5.64. The zero-order valence-electron chi connectivity index (χ0n) is 14.6. The maximum absolute atomic E-state index is 12.6. The zero-order valence-corrected chi connectivity index (χ0v) is 16.2. The first-order chi connectivity index (χ1) is 13.7. The number of carbonyl (C=O) groups excluding carboxylic acids is 1. The standard InChI is InChI=1S/C20H17ClN2O4S/c21-16-10-8-14(9-11-16)13-25-17-5-3-4-15(12-17)20(24)23-18-6-1-2-7-19(18)28-27-26-22/h1-12H,13,22H2,(H,23,24). The maximum Gasteiger partial charge on any atom is 0.255 e. The number of rotatable bonds is 8. The molecule has 0 fully saturated rings. The van der Waals surface area contributed by atoms with Gasteiger partial charge in [0.2, 0.25) is 0 Å². The van der Waals surface area contributed by atoms with Crippen LogP contribution in [0.5, 0.6) is 5.75 Å². The van der Waals surface area contributed by atoms with Gasteiger partial charge in [0.15, 0.2) is 0 Å². The maximum atomic E-state index is 12.6. The van der Waals surface area contributed by atoms with Crippen LogP contribution in [0.15, 0.2) is 77.7 Å². The Morgan fingerprint density at radius 3 is 2.61 bits per heavy atom. The normalized spacial score (nSPS) is 10.5. The molecule has 3 N–H and O–H groups in total. The number of hydrogen-bond donors (Lipinski definition) is 2. The number of nitrogens with two attached hydrogens (primary N) is 1. The van der Waals surface area contributed by atoms with E-state index < -0.39 is 0 Å². The second kappa shape index (κ2) is 10.1. The molecule has 6 nitrogen and oxygen atoms in total. The van der Waals surface area contributed by atoms with Gasteiger partial charge in [0.25, 0.3) is 5.91 Å². The lowest BCUT2D eigenvalue weighted by Gasteiger charge is -2.11. The third kappa shape index (κ3) is 5.72. The van der Waals surface area contributed by atoms with E-state index >= 15 is 0 Å². The molecule has 3 aromatic rings. The molecule has 0 aliphatic heterocycles. The molecular weight excluding hydrogens is 400 g/mol. The molecule has 144 valence electrons. The van der Waals surface area contributed by atoms with Gasteiger partial charge in [0.05, 0.1) is 22.6 Å². The number of nitrogens with one attached hydrogen (secondary N) is 1. The molecule has 0 heterocycles. The highest BCUT2D eigenvalue weighted by atomic mass is 35.5. The minimum absolute atomic E-state index is 0.279. The molecule has 0 radical (unpaired) electrons. The quantitative estimate of drug-likeness (QED) is 0.305. The summed E-state index contributed by atoms with van der Waals surface area (Å²) in [4.78, 5) is 17.4. The van der Waals surface area contributed by atoms with Crippen molar-refractivity contribution in [3.8, 4) is 5.75 Å². The van der Waals surface area contributed by atoms with Crippen molar-refractivity contribution in [1.82, 2.24) is 0 Å². The van der Waals surface area contributed by atoms with Crippen LogP contribution >= 0.6 is 23.6 Å². The Morgan fingerprint density at radius 2 is 1.82 bits per heavy atom. The minimum atomic E-state index is -0.279. The number of anilines is 1. The molecule has 3 rings (SSSR count). The third-order valence-electron chi connectivity index (χ3n) is 3.71. The molecule has 0 saturated heterocycles. The molecule has 0 atom stereocenters.